The van der Waals surface area contributed by atoms with Gasteiger partial charge in [0, 0.05) is 17.1 Å². The van der Waals surface area contributed by atoms with Crippen molar-refractivity contribution in [2.45, 2.75) is 59.2 Å². The van der Waals surface area contributed by atoms with Gasteiger partial charge in [0.1, 0.15) is 12.6 Å². The molecule has 0 radical (unpaired) electrons. The highest BCUT2D eigenvalue weighted by Crippen LogP contribution is 2.23. The van der Waals surface area contributed by atoms with Crippen molar-refractivity contribution in [1.82, 2.24) is 10.2 Å². The Kier molecular flexibility index (Phi) is 9.70. The molecule has 0 fully saturated rings. The van der Waals surface area contributed by atoms with E-state index in [1.807, 2.05) is 50.2 Å². The minimum atomic E-state index is -3.74. The minimum Gasteiger partial charge on any atom is -0.352 e. The highest BCUT2D eigenvalue weighted by Gasteiger charge is 2.30. The first-order chi connectivity index (χ1) is 15.8. The van der Waals surface area contributed by atoms with Crippen LogP contribution >= 0.6 is 15.9 Å². The van der Waals surface area contributed by atoms with Gasteiger partial charge in [0.15, 0.2) is 0 Å². The molecule has 1 atom stereocenters. The predicted octanol–water partition coefficient (Wildman–Crippen LogP) is 4.28. The second-order valence-electron chi connectivity index (χ2n) is 9.00. The van der Waals surface area contributed by atoms with Gasteiger partial charge in [0.05, 0.1) is 11.9 Å². The van der Waals surface area contributed by atoms with Crippen LogP contribution in [0.3, 0.4) is 0 Å². The summed E-state index contributed by atoms with van der Waals surface area (Å²) in [7, 11) is -3.74. The van der Waals surface area contributed by atoms with Crippen LogP contribution in [0.5, 0.6) is 0 Å². The van der Waals surface area contributed by atoms with Crippen molar-refractivity contribution in [3.8, 4) is 0 Å². The van der Waals surface area contributed by atoms with E-state index in [1.54, 1.807) is 19.1 Å². The van der Waals surface area contributed by atoms with E-state index in [0.29, 0.717) is 11.6 Å². The van der Waals surface area contributed by atoms with Crippen molar-refractivity contribution < 1.29 is 18.0 Å². The lowest BCUT2D eigenvalue weighted by Gasteiger charge is -2.32. The van der Waals surface area contributed by atoms with Crippen molar-refractivity contribution in [2.24, 2.45) is 0 Å². The molecule has 0 heterocycles. The third kappa shape index (κ3) is 7.84. The summed E-state index contributed by atoms with van der Waals surface area (Å²) >= 11 is 3.40. The zero-order chi connectivity index (χ0) is 25.6. The first-order valence-corrected chi connectivity index (χ1v) is 13.9. The van der Waals surface area contributed by atoms with Crippen LogP contribution in [0.2, 0.25) is 0 Å². The number of anilines is 1. The van der Waals surface area contributed by atoms with Crippen LogP contribution in [0.15, 0.2) is 53.0 Å². The number of hydrogen-bond donors (Lipinski definition) is 1. The van der Waals surface area contributed by atoms with Crippen molar-refractivity contribution in [1.29, 1.82) is 0 Å². The zero-order valence-corrected chi connectivity index (χ0v) is 23.0. The second-order valence-corrected chi connectivity index (χ2v) is 11.8. The molecular formula is C25H34BrN3O4S. The van der Waals surface area contributed by atoms with E-state index in [4.69, 9.17) is 0 Å². The Morgan fingerprint density at radius 3 is 1.97 bits per heavy atom. The zero-order valence-electron chi connectivity index (χ0n) is 20.6. The first kappa shape index (κ1) is 27.9. The summed E-state index contributed by atoms with van der Waals surface area (Å²) in [6, 6.07) is 13.7. The number of nitrogens with zero attached hydrogens (tertiary/aromatic N) is 2. The number of carbonyl (C=O) groups is 2. The number of benzene rings is 2. The van der Waals surface area contributed by atoms with Gasteiger partial charge in [-0.3, -0.25) is 13.9 Å². The van der Waals surface area contributed by atoms with E-state index < -0.39 is 28.5 Å². The molecule has 2 aromatic rings. The van der Waals surface area contributed by atoms with Crippen molar-refractivity contribution in [3.63, 3.8) is 0 Å². The minimum absolute atomic E-state index is 0.0911. The maximum Gasteiger partial charge on any atom is 0.244 e. The third-order valence-corrected chi connectivity index (χ3v) is 7.06. The van der Waals surface area contributed by atoms with E-state index in [-0.39, 0.29) is 18.5 Å². The van der Waals surface area contributed by atoms with Gasteiger partial charge in [0.2, 0.25) is 21.8 Å². The number of sulfonamides is 1. The van der Waals surface area contributed by atoms with Gasteiger partial charge < -0.3 is 10.2 Å². The van der Waals surface area contributed by atoms with Crippen molar-refractivity contribution in [2.75, 3.05) is 17.1 Å². The second kappa shape index (κ2) is 11.8. The predicted molar refractivity (Wildman–Crippen MR) is 140 cm³/mol. The third-order valence-electron chi connectivity index (χ3n) is 5.39. The fourth-order valence-electron chi connectivity index (χ4n) is 3.41. The number of carbonyl (C=O) groups excluding carboxylic acids is 2. The maximum atomic E-state index is 13.5. The largest absolute Gasteiger partial charge is 0.352 e. The number of nitrogens with one attached hydrogen (secondary N) is 1. The molecule has 0 aliphatic heterocycles. The van der Waals surface area contributed by atoms with Crippen LogP contribution in [0.25, 0.3) is 0 Å². The number of halogens is 1. The van der Waals surface area contributed by atoms with E-state index >= 15 is 0 Å². The van der Waals surface area contributed by atoms with Gasteiger partial charge >= 0.3 is 0 Å². The quantitative estimate of drug-likeness (QED) is 0.477. The Morgan fingerprint density at radius 2 is 1.50 bits per heavy atom. The molecule has 186 valence electrons. The Labute approximate surface area is 211 Å². The Balaban J connectivity index is 2.37. The van der Waals surface area contributed by atoms with Gasteiger partial charge in [-0.1, -0.05) is 54.0 Å². The maximum absolute atomic E-state index is 13.5. The molecule has 0 saturated carbocycles. The SMILES string of the molecule is CC(C)NC(=O)C(C)N(Cc1ccc(Br)cc1)C(=O)CN(c1ccc(C(C)C)cc1)S(C)(=O)=O. The van der Waals surface area contributed by atoms with Crippen LogP contribution in [-0.2, 0) is 26.2 Å². The standard InChI is InChI=1S/C25H34BrN3O4S/c1-17(2)21-9-13-23(14-10-21)29(34(6,32)33)16-24(30)28(19(5)25(31)27-18(3)4)15-20-7-11-22(26)12-8-20/h7-14,17-19H,15-16H2,1-6H3,(H,27,31). The molecule has 0 aliphatic rings. The van der Waals surface area contributed by atoms with Crippen LogP contribution in [-0.4, -0.2) is 50.0 Å². The molecule has 9 heteroatoms. The normalized spacial score (nSPS) is 12.5. The molecule has 0 aromatic heterocycles. The van der Waals surface area contributed by atoms with E-state index in [0.717, 1.165) is 26.2 Å². The topological polar surface area (TPSA) is 86.8 Å². The molecule has 2 aromatic carbocycles. The summed E-state index contributed by atoms with van der Waals surface area (Å²) in [6.07, 6.45) is 1.07. The van der Waals surface area contributed by atoms with Gasteiger partial charge in [-0.05, 0) is 62.1 Å². The average Bonchev–Trinajstić information content (AvgIpc) is 2.75. The molecule has 7 nitrogen and oxygen atoms in total. The summed E-state index contributed by atoms with van der Waals surface area (Å²) < 4.78 is 27.2. The lowest BCUT2D eigenvalue weighted by Crippen LogP contribution is -2.52. The molecule has 1 N–H and O–H groups in total. The van der Waals surface area contributed by atoms with Gasteiger partial charge in [-0.15, -0.1) is 0 Å². The molecule has 0 bridgehead atoms. The average molecular weight is 553 g/mol. The summed E-state index contributed by atoms with van der Waals surface area (Å²) in [5, 5.41) is 2.83. The monoisotopic (exact) mass is 551 g/mol. The highest BCUT2D eigenvalue weighted by molar-refractivity contribution is 9.10. The van der Waals surface area contributed by atoms with Crippen LogP contribution in [0, 0.1) is 0 Å². The first-order valence-electron chi connectivity index (χ1n) is 11.2. The lowest BCUT2D eigenvalue weighted by molar-refractivity contribution is -0.139. The fraction of sp³-hybridized carbons (Fsp3) is 0.440. The Hall–Kier alpha value is -2.39. The van der Waals surface area contributed by atoms with Gasteiger partial charge in [-0.2, -0.15) is 0 Å². The summed E-state index contributed by atoms with van der Waals surface area (Å²) in [5.74, 6) is -0.468. The molecule has 0 saturated heterocycles. The summed E-state index contributed by atoms with van der Waals surface area (Å²) in [4.78, 5) is 27.7. The smallest absolute Gasteiger partial charge is 0.244 e. The van der Waals surface area contributed by atoms with Crippen LogP contribution < -0.4 is 9.62 Å². The molecule has 0 spiro atoms. The molecule has 1 unspecified atom stereocenters. The summed E-state index contributed by atoms with van der Waals surface area (Å²) in [5.41, 5.74) is 2.30. The van der Waals surface area contributed by atoms with Gasteiger partial charge in [-0.25, -0.2) is 8.42 Å². The molecule has 2 amide bonds. The van der Waals surface area contributed by atoms with E-state index in [1.165, 1.54) is 4.90 Å². The Morgan fingerprint density at radius 1 is 0.941 bits per heavy atom. The molecular weight excluding hydrogens is 518 g/mol. The molecule has 2 rings (SSSR count). The van der Waals surface area contributed by atoms with E-state index in [2.05, 4.69) is 35.1 Å². The van der Waals surface area contributed by atoms with Crippen LogP contribution in [0.4, 0.5) is 5.69 Å². The van der Waals surface area contributed by atoms with Crippen molar-refractivity contribution >= 4 is 43.5 Å². The summed E-state index contributed by atoms with van der Waals surface area (Å²) in [6.45, 7) is 9.21. The molecule has 34 heavy (non-hydrogen) atoms. The Bertz CT molecular complexity index is 1080. The fourth-order valence-corrected chi connectivity index (χ4v) is 4.53. The van der Waals surface area contributed by atoms with Crippen LogP contribution in [0.1, 0.15) is 51.7 Å². The van der Waals surface area contributed by atoms with Gasteiger partial charge in [0.25, 0.3) is 0 Å². The highest BCUT2D eigenvalue weighted by atomic mass is 79.9. The van der Waals surface area contributed by atoms with Crippen molar-refractivity contribution in [3.05, 3.63) is 64.1 Å². The lowest BCUT2D eigenvalue weighted by atomic mass is 10.0. The van der Waals surface area contributed by atoms with E-state index in [9.17, 15) is 18.0 Å². The number of hydrogen-bond acceptors (Lipinski definition) is 4. The number of amides is 2. The number of rotatable bonds is 10. The molecule has 0 aliphatic carbocycles.